The molecule has 2 rings (SSSR count). The summed E-state index contributed by atoms with van der Waals surface area (Å²) in [5, 5.41) is 8.87. The van der Waals surface area contributed by atoms with Crippen molar-refractivity contribution < 1.29 is 14.3 Å². The van der Waals surface area contributed by atoms with Crippen molar-refractivity contribution in [3.8, 4) is 0 Å². The molecule has 0 saturated heterocycles. The zero-order valence-electron chi connectivity index (χ0n) is 7.49. The van der Waals surface area contributed by atoms with Gasteiger partial charge in [-0.2, -0.15) is 0 Å². The van der Waals surface area contributed by atoms with E-state index in [1.165, 1.54) is 0 Å². The summed E-state index contributed by atoms with van der Waals surface area (Å²) in [6, 6.07) is 1.90. The smallest absolute Gasteiger partial charge is 0.306 e. The van der Waals surface area contributed by atoms with Gasteiger partial charge in [0.15, 0.2) is 0 Å². The van der Waals surface area contributed by atoms with Crippen molar-refractivity contribution >= 4 is 5.97 Å². The Kier molecular flexibility index (Phi) is 1.87. The molecule has 0 radical (unpaired) electrons. The average molecular weight is 180 g/mol. The minimum atomic E-state index is -0.723. The van der Waals surface area contributed by atoms with Gasteiger partial charge in [0.25, 0.3) is 0 Å². The predicted molar refractivity (Wildman–Crippen MR) is 46.6 cm³/mol. The van der Waals surface area contributed by atoms with E-state index < -0.39 is 5.97 Å². The fourth-order valence-electron chi connectivity index (χ4n) is 2.02. The minimum absolute atomic E-state index is 0.145. The predicted octanol–water partition coefficient (Wildman–Crippen LogP) is 2.03. The molecule has 3 heteroatoms. The standard InChI is InChI=1S/C10H12O3/c1-6(10(11)12)7-2-3-9-8(7)4-5-13-9/h4-7H,2-3H2,1H3,(H,11,12). The monoisotopic (exact) mass is 180 g/mol. The largest absolute Gasteiger partial charge is 0.481 e. The SMILES string of the molecule is CC(C(=O)O)C1CCc2occc21. The second-order valence-corrected chi connectivity index (χ2v) is 3.57. The Morgan fingerprint density at radius 1 is 1.77 bits per heavy atom. The van der Waals surface area contributed by atoms with E-state index in [1.807, 2.05) is 6.07 Å². The van der Waals surface area contributed by atoms with Gasteiger partial charge in [0, 0.05) is 12.3 Å². The first-order chi connectivity index (χ1) is 6.20. The first-order valence-corrected chi connectivity index (χ1v) is 4.49. The van der Waals surface area contributed by atoms with Crippen LogP contribution in [0.5, 0.6) is 0 Å². The van der Waals surface area contributed by atoms with Gasteiger partial charge in [-0.15, -0.1) is 0 Å². The van der Waals surface area contributed by atoms with Gasteiger partial charge in [-0.05, 0) is 18.1 Å². The normalized spacial score (nSPS) is 22.7. The number of carboxylic acids is 1. The van der Waals surface area contributed by atoms with Gasteiger partial charge in [-0.3, -0.25) is 4.79 Å². The van der Waals surface area contributed by atoms with E-state index in [9.17, 15) is 4.79 Å². The van der Waals surface area contributed by atoms with E-state index in [1.54, 1.807) is 13.2 Å². The van der Waals surface area contributed by atoms with Crippen molar-refractivity contribution in [1.29, 1.82) is 0 Å². The Balaban J connectivity index is 2.25. The van der Waals surface area contributed by atoms with Crippen LogP contribution in [0.25, 0.3) is 0 Å². The van der Waals surface area contributed by atoms with Crippen molar-refractivity contribution in [2.75, 3.05) is 0 Å². The van der Waals surface area contributed by atoms with Crippen LogP contribution in [-0.2, 0) is 11.2 Å². The zero-order chi connectivity index (χ0) is 9.42. The van der Waals surface area contributed by atoms with E-state index >= 15 is 0 Å². The summed E-state index contributed by atoms with van der Waals surface area (Å²) in [7, 11) is 0. The minimum Gasteiger partial charge on any atom is -0.481 e. The Morgan fingerprint density at radius 2 is 2.54 bits per heavy atom. The number of fused-ring (bicyclic) bond motifs is 1. The number of aryl methyl sites for hydroxylation is 1. The first kappa shape index (κ1) is 8.35. The molecule has 0 spiro atoms. The average Bonchev–Trinajstić information content (AvgIpc) is 2.61. The number of furan rings is 1. The van der Waals surface area contributed by atoms with Crippen molar-refractivity contribution in [3.63, 3.8) is 0 Å². The van der Waals surface area contributed by atoms with Crippen LogP contribution in [0, 0.1) is 5.92 Å². The van der Waals surface area contributed by atoms with Crippen LogP contribution in [0.3, 0.4) is 0 Å². The fraction of sp³-hybridized carbons (Fsp3) is 0.500. The van der Waals surface area contributed by atoms with Crippen LogP contribution in [0.2, 0.25) is 0 Å². The van der Waals surface area contributed by atoms with Crippen LogP contribution in [0.4, 0.5) is 0 Å². The lowest BCUT2D eigenvalue weighted by atomic mass is 9.90. The lowest BCUT2D eigenvalue weighted by molar-refractivity contribution is -0.141. The third-order valence-electron chi connectivity index (χ3n) is 2.85. The van der Waals surface area contributed by atoms with Gasteiger partial charge in [-0.25, -0.2) is 0 Å². The van der Waals surface area contributed by atoms with E-state index in [0.29, 0.717) is 0 Å². The third-order valence-corrected chi connectivity index (χ3v) is 2.85. The Bertz CT molecular complexity index is 327. The van der Waals surface area contributed by atoms with Crippen molar-refractivity contribution in [2.45, 2.75) is 25.7 Å². The summed E-state index contributed by atoms with van der Waals surface area (Å²) in [6.45, 7) is 1.76. The van der Waals surface area contributed by atoms with Crippen LogP contribution >= 0.6 is 0 Å². The maximum absolute atomic E-state index is 10.8. The first-order valence-electron chi connectivity index (χ1n) is 4.49. The molecule has 1 N–H and O–H groups in total. The molecule has 1 heterocycles. The van der Waals surface area contributed by atoms with Gasteiger partial charge in [0.1, 0.15) is 5.76 Å². The van der Waals surface area contributed by atoms with Crippen LogP contribution in [0.15, 0.2) is 16.7 Å². The van der Waals surface area contributed by atoms with Crippen LogP contribution in [0.1, 0.15) is 30.6 Å². The molecule has 13 heavy (non-hydrogen) atoms. The molecule has 1 aromatic rings. The topological polar surface area (TPSA) is 50.4 Å². The molecule has 0 aliphatic heterocycles. The molecule has 0 amide bonds. The zero-order valence-corrected chi connectivity index (χ0v) is 7.49. The molecule has 0 bridgehead atoms. The molecule has 2 unspecified atom stereocenters. The molecular formula is C10H12O3. The summed E-state index contributed by atoms with van der Waals surface area (Å²) in [6.07, 6.45) is 3.43. The maximum Gasteiger partial charge on any atom is 0.306 e. The quantitative estimate of drug-likeness (QED) is 0.757. The molecule has 2 atom stereocenters. The number of aliphatic carboxylic acids is 1. The van der Waals surface area contributed by atoms with Gasteiger partial charge in [0.05, 0.1) is 12.2 Å². The van der Waals surface area contributed by atoms with E-state index in [0.717, 1.165) is 24.2 Å². The molecule has 1 aromatic heterocycles. The summed E-state index contributed by atoms with van der Waals surface area (Å²) < 4.78 is 5.24. The molecular weight excluding hydrogens is 168 g/mol. The lowest BCUT2D eigenvalue weighted by Gasteiger charge is -2.13. The highest BCUT2D eigenvalue weighted by molar-refractivity contribution is 5.71. The van der Waals surface area contributed by atoms with Gasteiger partial charge in [0.2, 0.25) is 0 Å². The highest BCUT2D eigenvalue weighted by Crippen LogP contribution is 2.38. The molecule has 0 fully saturated rings. The molecule has 0 saturated carbocycles. The highest BCUT2D eigenvalue weighted by Gasteiger charge is 2.32. The summed E-state index contributed by atoms with van der Waals surface area (Å²) in [5.74, 6) is 0.0854. The van der Waals surface area contributed by atoms with Crippen LogP contribution < -0.4 is 0 Å². The molecule has 0 aromatic carbocycles. The molecule has 70 valence electrons. The maximum atomic E-state index is 10.8. The van der Waals surface area contributed by atoms with Crippen molar-refractivity contribution in [3.05, 3.63) is 23.7 Å². The molecule has 3 nitrogen and oxygen atoms in total. The number of carboxylic acid groups (broad SMARTS) is 1. The van der Waals surface area contributed by atoms with Gasteiger partial charge in [-0.1, -0.05) is 6.92 Å². The van der Waals surface area contributed by atoms with E-state index in [4.69, 9.17) is 9.52 Å². The van der Waals surface area contributed by atoms with Gasteiger partial charge >= 0.3 is 5.97 Å². The Morgan fingerprint density at radius 3 is 3.23 bits per heavy atom. The van der Waals surface area contributed by atoms with Crippen molar-refractivity contribution in [2.24, 2.45) is 5.92 Å². The number of hydrogen-bond acceptors (Lipinski definition) is 2. The van der Waals surface area contributed by atoms with Crippen molar-refractivity contribution in [1.82, 2.24) is 0 Å². The number of hydrogen-bond donors (Lipinski definition) is 1. The number of rotatable bonds is 2. The van der Waals surface area contributed by atoms with E-state index in [-0.39, 0.29) is 11.8 Å². The summed E-state index contributed by atoms with van der Waals surface area (Å²) >= 11 is 0. The fourth-order valence-corrected chi connectivity index (χ4v) is 2.02. The summed E-state index contributed by atoms with van der Waals surface area (Å²) in [5.41, 5.74) is 1.09. The molecule has 1 aliphatic carbocycles. The second-order valence-electron chi connectivity index (χ2n) is 3.57. The molecule has 1 aliphatic rings. The third kappa shape index (κ3) is 1.24. The Hall–Kier alpha value is -1.25. The van der Waals surface area contributed by atoms with Gasteiger partial charge < -0.3 is 9.52 Å². The Labute approximate surface area is 76.4 Å². The second kappa shape index (κ2) is 2.91. The highest BCUT2D eigenvalue weighted by atomic mass is 16.4. The van der Waals surface area contributed by atoms with E-state index in [2.05, 4.69) is 0 Å². The number of carbonyl (C=O) groups is 1. The summed E-state index contributed by atoms with van der Waals surface area (Å²) in [4.78, 5) is 10.8. The lowest BCUT2D eigenvalue weighted by Crippen LogP contribution is -2.16. The van der Waals surface area contributed by atoms with Crippen LogP contribution in [-0.4, -0.2) is 11.1 Å².